The molecular formula is C25H27FN6OS. The first-order chi connectivity index (χ1) is 16.5. The van der Waals surface area contributed by atoms with Gasteiger partial charge in [-0.05, 0) is 44.2 Å². The largest absolute Gasteiger partial charge is 0.486 e. The third-order valence-electron chi connectivity index (χ3n) is 6.16. The van der Waals surface area contributed by atoms with Gasteiger partial charge in [-0.2, -0.15) is 5.26 Å². The zero-order valence-electron chi connectivity index (χ0n) is 19.3. The number of ether oxygens (including phenoxy) is 1. The number of nitrogens with zero attached hydrogens (tertiary/aromatic N) is 4. The molecule has 2 aliphatic heterocycles. The summed E-state index contributed by atoms with van der Waals surface area (Å²) in [7, 11) is 0. The molecule has 7 nitrogen and oxygen atoms in total. The summed E-state index contributed by atoms with van der Waals surface area (Å²) in [6, 6.07) is 11.8. The Labute approximate surface area is 202 Å². The second-order valence-corrected chi connectivity index (χ2v) is 9.54. The van der Waals surface area contributed by atoms with E-state index in [-0.39, 0.29) is 11.9 Å². The topological polar surface area (TPSA) is 76.5 Å². The second-order valence-electron chi connectivity index (χ2n) is 8.69. The number of rotatable bonds is 5. The molecule has 0 saturated carbocycles. The van der Waals surface area contributed by atoms with Crippen LogP contribution in [0.3, 0.4) is 0 Å². The summed E-state index contributed by atoms with van der Waals surface area (Å²) in [6.45, 7) is 8.98. The van der Waals surface area contributed by atoms with E-state index in [4.69, 9.17) is 4.74 Å². The van der Waals surface area contributed by atoms with Crippen LogP contribution < -0.4 is 25.2 Å². The second kappa shape index (κ2) is 9.49. The fraction of sp³-hybridized carbons (Fsp3) is 0.360. The lowest BCUT2D eigenvalue weighted by Crippen LogP contribution is -2.43. The number of nitriles is 1. The maximum Gasteiger partial charge on any atom is 0.187 e. The summed E-state index contributed by atoms with van der Waals surface area (Å²) in [5.41, 5.74) is 4.56. The van der Waals surface area contributed by atoms with Crippen molar-refractivity contribution in [1.29, 1.82) is 5.26 Å². The zero-order valence-corrected chi connectivity index (χ0v) is 20.1. The van der Waals surface area contributed by atoms with Gasteiger partial charge < -0.3 is 25.2 Å². The van der Waals surface area contributed by atoms with E-state index < -0.39 is 0 Å². The van der Waals surface area contributed by atoms with Gasteiger partial charge in [0, 0.05) is 48.9 Å². The third-order valence-corrected chi connectivity index (χ3v) is 6.92. The van der Waals surface area contributed by atoms with Gasteiger partial charge in [0.05, 0.1) is 29.2 Å². The van der Waals surface area contributed by atoms with Crippen molar-refractivity contribution in [2.75, 3.05) is 54.4 Å². The number of hydrogen-bond acceptors (Lipinski definition) is 8. The van der Waals surface area contributed by atoms with Crippen LogP contribution in [0.25, 0.3) is 11.3 Å². The number of fused-ring (bicyclic) bond motifs is 1. The van der Waals surface area contributed by atoms with Crippen LogP contribution in [0.2, 0.25) is 0 Å². The van der Waals surface area contributed by atoms with E-state index in [1.807, 2.05) is 29.6 Å². The SMILES string of the molecule is CC(C)N1CCOc2c(F)cc(-c3csc(Nc4ccc(N5CCNCC5)c(C#N)c4)n3)cc21. The minimum Gasteiger partial charge on any atom is -0.486 e. The molecular weight excluding hydrogens is 451 g/mol. The highest BCUT2D eigenvalue weighted by molar-refractivity contribution is 7.14. The summed E-state index contributed by atoms with van der Waals surface area (Å²) in [6.07, 6.45) is 0. The molecule has 3 aromatic rings. The van der Waals surface area contributed by atoms with E-state index in [1.54, 1.807) is 0 Å². The predicted molar refractivity (Wildman–Crippen MR) is 135 cm³/mol. The van der Waals surface area contributed by atoms with Crippen LogP contribution in [0.5, 0.6) is 5.75 Å². The molecule has 1 saturated heterocycles. The van der Waals surface area contributed by atoms with Crippen molar-refractivity contribution in [2.24, 2.45) is 0 Å². The number of benzene rings is 2. The molecule has 0 radical (unpaired) electrons. The Morgan fingerprint density at radius 2 is 2.00 bits per heavy atom. The maximum absolute atomic E-state index is 14.9. The van der Waals surface area contributed by atoms with Crippen molar-refractivity contribution in [3.8, 4) is 23.1 Å². The van der Waals surface area contributed by atoms with Crippen LogP contribution in [0.1, 0.15) is 19.4 Å². The fourth-order valence-corrected chi connectivity index (χ4v) is 5.20. The molecule has 0 bridgehead atoms. The lowest BCUT2D eigenvalue weighted by atomic mass is 10.1. The molecule has 9 heteroatoms. The van der Waals surface area contributed by atoms with E-state index in [0.29, 0.717) is 34.3 Å². The van der Waals surface area contributed by atoms with Gasteiger partial charge in [0.15, 0.2) is 16.7 Å². The van der Waals surface area contributed by atoms with E-state index in [2.05, 4.69) is 45.3 Å². The lowest BCUT2D eigenvalue weighted by Gasteiger charge is -2.34. The predicted octanol–water partition coefficient (Wildman–Crippen LogP) is 4.58. The minimum atomic E-state index is -0.373. The minimum absolute atomic E-state index is 0.239. The Morgan fingerprint density at radius 1 is 1.18 bits per heavy atom. The lowest BCUT2D eigenvalue weighted by molar-refractivity contribution is 0.287. The zero-order chi connectivity index (χ0) is 23.7. The Balaban J connectivity index is 1.38. The van der Waals surface area contributed by atoms with Crippen molar-refractivity contribution >= 4 is 33.5 Å². The molecule has 0 amide bonds. The summed E-state index contributed by atoms with van der Waals surface area (Å²) < 4.78 is 20.5. The smallest absolute Gasteiger partial charge is 0.187 e. The number of thiazole rings is 1. The van der Waals surface area contributed by atoms with Crippen LogP contribution in [0.15, 0.2) is 35.7 Å². The molecule has 1 fully saturated rings. The van der Waals surface area contributed by atoms with E-state index in [0.717, 1.165) is 49.8 Å². The first kappa shape index (κ1) is 22.4. The summed E-state index contributed by atoms with van der Waals surface area (Å²) in [5.74, 6) is -0.0617. The van der Waals surface area contributed by atoms with E-state index in [9.17, 15) is 9.65 Å². The van der Waals surface area contributed by atoms with Gasteiger partial charge in [0.25, 0.3) is 0 Å². The van der Waals surface area contributed by atoms with E-state index >= 15 is 0 Å². The molecule has 176 valence electrons. The molecule has 3 heterocycles. The number of halogens is 1. The third kappa shape index (κ3) is 4.39. The molecule has 2 N–H and O–H groups in total. The molecule has 0 spiro atoms. The number of aromatic nitrogens is 1. The monoisotopic (exact) mass is 478 g/mol. The molecule has 34 heavy (non-hydrogen) atoms. The summed E-state index contributed by atoms with van der Waals surface area (Å²) in [4.78, 5) is 9.07. The molecule has 1 aromatic heterocycles. The molecule has 0 atom stereocenters. The van der Waals surface area contributed by atoms with Gasteiger partial charge in [-0.15, -0.1) is 11.3 Å². The van der Waals surface area contributed by atoms with Gasteiger partial charge >= 0.3 is 0 Å². The van der Waals surface area contributed by atoms with Crippen LogP contribution in [-0.2, 0) is 0 Å². The highest BCUT2D eigenvalue weighted by Gasteiger charge is 2.25. The average molecular weight is 479 g/mol. The Hall–Kier alpha value is -3.35. The highest BCUT2D eigenvalue weighted by atomic mass is 32.1. The standard InChI is InChI=1S/C25H27FN6OS/c1-16(2)32-9-10-33-24-20(26)12-17(13-23(24)32)21-15-34-25(30-21)29-19-3-4-22(18(11-19)14-27)31-7-5-28-6-8-31/h3-4,11-13,15-16,28H,5-10H2,1-2H3,(H,29,30). The van der Waals surface area contributed by atoms with Crippen molar-refractivity contribution < 1.29 is 9.13 Å². The quantitative estimate of drug-likeness (QED) is 0.556. The Bertz CT molecular complexity index is 1230. The fourth-order valence-electron chi connectivity index (χ4n) is 4.46. The highest BCUT2D eigenvalue weighted by Crippen LogP contribution is 2.40. The van der Waals surface area contributed by atoms with Gasteiger partial charge in [-0.25, -0.2) is 9.37 Å². The van der Waals surface area contributed by atoms with Gasteiger partial charge in [0.2, 0.25) is 0 Å². The van der Waals surface area contributed by atoms with Crippen molar-refractivity contribution in [1.82, 2.24) is 10.3 Å². The molecule has 5 rings (SSSR count). The van der Waals surface area contributed by atoms with Crippen LogP contribution >= 0.6 is 11.3 Å². The maximum atomic E-state index is 14.9. The van der Waals surface area contributed by atoms with Gasteiger partial charge in [0.1, 0.15) is 12.7 Å². The van der Waals surface area contributed by atoms with Crippen molar-refractivity contribution in [3.05, 3.63) is 47.1 Å². The molecule has 0 aliphatic carbocycles. The normalized spacial score (nSPS) is 15.6. The van der Waals surface area contributed by atoms with Crippen molar-refractivity contribution in [3.63, 3.8) is 0 Å². The molecule has 2 aliphatic rings. The average Bonchev–Trinajstić information content (AvgIpc) is 3.32. The van der Waals surface area contributed by atoms with Crippen LogP contribution in [0, 0.1) is 17.1 Å². The van der Waals surface area contributed by atoms with Gasteiger partial charge in [-0.1, -0.05) is 0 Å². The summed E-state index contributed by atoms with van der Waals surface area (Å²) >= 11 is 1.44. The van der Waals surface area contributed by atoms with Gasteiger partial charge in [-0.3, -0.25) is 0 Å². The first-order valence-electron chi connectivity index (χ1n) is 11.5. The van der Waals surface area contributed by atoms with Crippen LogP contribution in [0.4, 0.5) is 26.6 Å². The Morgan fingerprint density at radius 3 is 2.76 bits per heavy atom. The number of hydrogen-bond donors (Lipinski definition) is 2. The number of nitrogens with one attached hydrogen (secondary N) is 2. The first-order valence-corrected chi connectivity index (χ1v) is 12.4. The molecule has 2 aromatic carbocycles. The number of anilines is 4. The molecule has 0 unspecified atom stereocenters. The van der Waals surface area contributed by atoms with Crippen molar-refractivity contribution in [2.45, 2.75) is 19.9 Å². The number of piperazine rings is 1. The summed E-state index contributed by atoms with van der Waals surface area (Å²) in [5, 5.41) is 18.9. The van der Waals surface area contributed by atoms with E-state index in [1.165, 1.54) is 17.4 Å². The Kier molecular flexibility index (Phi) is 6.26. The van der Waals surface area contributed by atoms with Crippen LogP contribution in [-0.4, -0.2) is 50.4 Å².